The first-order valence-electron chi connectivity index (χ1n) is 15.9. The van der Waals surface area contributed by atoms with E-state index < -0.39 is 18.1 Å². The molecule has 0 aromatic heterocycles. The summed E-state index contributed by atoms with van der Waals surface area (Å²) in [5.74, 6) is -0.0764. The molecule has 5 rings (SSSR count). The van der Waals surface area contributed by atoms with Crippen LogP contribution in [-0.2, 0) is 20.7 Å². The summed E-state index contributed by atoms with van der Waals surface area (Å²) in [5, 5.41) is 18.4. The number of morpholine rings is 1. The normalized spacial score (nSPS) is 16.4. The predicted octanol–water partition coefficient (Wildman–Crippen LogP) is 5.81. The minimum absolute atomic E-state index is 0.00157. The molecule has 1 saturated heterocycles. The summed E-state index contributed by atoms with van der Waals surface area (Å²) < 4.78 is 17.2. The number of anilines is 1. The van der Waals surface area contributed by atoms with Gasteiger partial charge in [-0.25, -0.2) is 4.79 Å². The molecule has 1 aliphatic rings. The number of carbonyl (C=O) groups excluding carboxylic acids is 2. The van der Waals surface area contributed by atoms with E-state index >= 15 is 0 Å². The second-order valence-corrected chi connectivity index (χ2v) is 11.4. The van der Waals surface area contributed by atoms with Crippen LogP contribution in [0.1, 0.15) is 41.0 Å². The third-order valence-corrected chi connectivity index (χ3v) is 8.22. The number of alkyl carbamates (subject to hydrolysis) is 1. The summed E-state index contributed by atoms with van der Waals surface area (Å²) >= 11 is 0. The highest BCUT2D eigenvalue weighted by Gasteiger charge is 2.33. The molecule has 0 radical (unpaired) electrons. The molecule has 2 amide bonds. The fraction of sp³-hybridized carbons (Fsp3) is 0.289. The van der Waals surface area contributed by atoms with Crippen molar-refractivity contribution in [3.63, 3.8) is 0 Å². The van der Waals surface area contributed by atoms with Gasteiger partial charge in [-0.05, 0) is 59.9 Å². The van der Waals surface area contributed by atoms with Gasteiger partial charge in [-0.1, -0.05) is 78.9 Å². The SMILES string of the molecule is COC(=O)N[C@H](C(=O)Nc1ccccc1CC[C@@H]1CNC[C@@H](CCOc2ccc(C#N)cc2)O1)C(c1ccccc1)c1ccccc1. The lowest BCUT2D eigenvalue weighted by Gasteiger charge is -2.31. The van der Waals surface area contributed by atoms with Crippen molar-refractivity contribution in [1.29, 1.82) is 5.26 Å². The van der Waals surface area contributed by atoms with Gasteiger partial charge in [0.2, 0.25) is 5.91 Å². The van der Waals surface area contributed by atoms with Crippen molar-refractivity contribution in [3.8, 4) is 11.8 Å². The van der Waals surface area contributed by atoms with E-state index in [0.29, 0.717) is 24.3 Å². The summed E-state index contributed by atoms with van der Waals surface area (Å²) in [4.78, 5) is 26.6. The van der Waals surface area contributed by atoms with Crippen LogP contribution in [0, 0.1) is 11.3 Å². The van der Waals surface area contributed by atoms with Gasteiger partial charge in [0.25, 0.3) is 0 Å². The number of carbonyl (C=O) groups is 2. The predicted molar refractivity (Wildman–Crippen MR) is 180 cm³/mol. The van der Waals surface area contributed by atoms with Crippen molar-refractivity contribution in [2.45, 2.75) is 43.4 Å². The van der Waals surface area contributed by atoms with Crippen molar-refractivity contribution in [1.82, 2.24) is 10.6 Å². The molecule has 9 heteroatoms. The Balaban J connectivity index is 1.23. The van der Waals surface area contributed by atoms with Crippen molar-refractivity contribution >= 4 is 17.7 Å². The van der Waals surface area contributed by atoms with Crippen LogP contribution >= 0.6 is 0 Å². The molecule has 47 heavy (non-hydrogen) atoms. The van der Waals surface area contributed by atoms with Gasteiger partial charge in [0, 0.05) is 31.1 Å². The highest BCUT2D eigenvalue weighted by molar-refractivity contribution is 5.98. The molecule has 3 atom stereocenters. The summed E-state index contributed by atoms with van der Waals surface area (Å²) in [6.07, 6.45) is 1.51. The molecule has 0 aliphatic carbocycles. The highest BCUT2D eigenvalue weighted by Crippen LogP contribution is 2.30. The summed E-state index contributed by atoms with van der Waals surface area (Å²) in [6, 6.07) is 35.3. The molecule has 0 bridgehead atoms. The first-order valence-corrected chi connectivity index (χ1v) is 15.9. The van der Waals surface area contributed by atoms with Gasteiger partial charge in [-0.2, -0.15) is 5.26 Å². The van der Waals surface area contributed by atoms with Crippen molar-refractivity contribution in [2.75, 3.05) is 32.1 Å². The maximum Gasteiger partial charge on any atom is 0.407 e. The zero-order valence-electron chi connectivity index (χ0n) is 26.4. The summed E-state index contributed by atoms with van der Waals surface area (Å²) in [5.41, 5.74) is 4.04. The third kappa shape index (κ3) is 9.42. The Labute approximate surface area is 275 Å². The lowest BCUT2D eigenvalue weighted by molar-refractivity contribution is -0.118. The van der Waals surface area contributed by atoms with Gasteiger partial charge < -0.3 is 30.2 Å². The van der Waals surface area contributed by atoms with Gasteiger partial charge in [-0.15, -0.1) is 0 Å². The fourth-order valence-corrected chi connectivity index (χ4v) is 5.82. The van der Waals surface area contributed by atoms with Gasteiger partial charge in [-0.3, -0.25) is 4.79 Å². The van der Waals surface area contributed by atoms with Crippen LogP contribution in [-0.4, -0.2) is 57.1 Å². The first kappa shape index (κ1) is 33.2. The monoisotopic (exact) mass is 632 g/mol. The van der Waals surface area contributed by atoms with E-state index in [2.05, 4.69) is 22.0 Å². The second-order valence-electron chi connectivity index (χ2n) is 11.4. The summed E-state index contributed by atoms with van der Waals surface area (Å²) in [7, 11) is 1.29. The van der Waals surface area contributed by atoms with E-state index in [0.717, 1.165) is 48.4 Å². The number of hydrogen-bond acceptors (Lipinski definition) is 7. The lowest BCUT2D eigenvalue weighted by atomic mass is 9.84. The molecule has 0 unspecified atom stereocenters. The maximum absolute atomic E-state index is 14.0. The van der Waals surface area contributed by atoms with E-state index in [9.17, 15) is 9.59 Å². The van der Waals surface area contributed by atoms with E-state index in [-0.39, 0.29) is 18.1 Å². The molecular formula is C38H40N4O5. The molecule has 1 aliphatic heterocycles. The molecule has 0 spiro atoms. The van der Waals surface area contributed by atoms with Crippen LogP contribution in [0.25, 0.3) is 0 Å². The molecule has 4 aromatic rings. The van der Waals surface area contributed by atoms with Crippen LogP contribution < -0.4 is 20.7 Å². The molecule has 1 fully saturated rings. The standard InChI is InChI=1S/C38H40N4O5/c1-45-38(44)42-36(35(29-11-4-2-5-12-29)30-13-6-3-7-14-30)37(43)41-34-15-9-8-10-28(34)18-21-32-25-40-26-33(47-32)22-23-46-31-19-16-27(24-39)17-20-31/h2-17,19-20,32-33,35-36,40H,18,21-23,25-26H2,1H3,(H,41,43)(H,42,44)/t32-,33-,36+/m1/s1. The third-order valence-electron chi connectivity index (χ3n) is 8.22. The zero-order valence-corrected chi connectivity index (χ0v) is 26.4. The number of methoxy groups -OCH3 is 1. The maximum atomic E-state index is 14.0. The van der Waals surface area contributed by atoms with Crippen molar-refractivity contribution < 1.29 is 23.8 Å². The number of nitrogens with one attached hydrogen (secondary N) is 3. The summed E-state index contributed by atoms with van der Waals surface area (Å²) in [6.45, 7) is 1.99. The number of para-hydroxylation sites is 1. The lowest BCUT2D eigenvalue weighted by Crippen LogP contribution is -2.48. The zero-order chi connectivity index (χ0) is 32.8. The average Bonchev–Trinajstić information content (AvgIpc) is 3.12. The molecule has 3 N–H and O–H groups in total. The van der Waals surface area contributed by atoms with Crippen molar-refractivity contribution in [2.24, 2.45) is 0 Å². The van der Waals surface area contributed by atoms with Crippen LogP contribution in [0.2, 0.25) is 0 Å². The number of aryl methyl sites for hydroxylation is 1. The van der Waals surface area contributed by atoms with Crippen LogP contribution in [0.4, 0.5) is 10.5 Å². The Hall–Kier alpha value is -5.17. The molecule has 0 saturated carbocycles. The smallest absolute Gasteiger partial charge is 0.407 e. The number of nitriles is 1. The van der Waals surface area contributed by atoms with E-state index in [4.69, 9.17) is 19.5 Å². The molecular weight excluding hydrogens is 592 g/mol. The molecule has 4 aromatic carbocycles. The molecule has 242 valence electrons. The van der Waals surface area contributed by atoms with Crippen LogP contribution in [0.5, 0.6) is 5.75 Å². The number of nitrogens with zero attached hydrogens (tertiary/aromatic N) is 1. The van der Waals surface area contributed by atoms with Gasteiger partial charge >= 0.3 is 6.09 Å². The molecule has 1 heterocycles. The number of amides is 2. The van der Waals surface area contributed by atoms with E-state index in [1.165, 1.54) is 7.11 Å². The van der Waals surface area contributed by atoms with Gasteiger partial charge in [0.1, 0.15) is 11.8 Å². The Morgan fingerprint density at radius 3 is 2.13 bits per heavy atom. The Morgan fingerprint density at radius 2 is 1.49 bits per heavy atom. The minimum Gasteiger partial charge on any atom is -0.493 e. The Kier molecular flexibility index (Phi) is 12.0. The topological polar surface area (TPSA) is 122 Å². The fourth-order valence-electron chi connectivity index (χ4n) is 5.82. The second kappa shape index (κ2) is 16.9. The number of benzene rings is 4. The first-order chi connectivity index (χ1) is 23.0. The quantitative estimate of drug-likeness (QED) is 0.170. The van der Waals surface area contributed by atoms with Crippen molar-refractivity contribution in [3.05, 3.63) is 131 Å². The number of hydrogen-bond donors (Lipinski definition) is 3. The van der Waals surface area contributed by atoms with E-state index in [1.54, 1.807) is 24.3 Å². The average molecular weight is 633 g/mol. The van der Waals surface area contributed by atoms with Crippen LogP contribution in [0.15, 0.2) is 109 Å². The van der Waals surface area contributed by atoms with Gasteiger partial charge in [0.05, 0.1) is 37.6 Å². The molecule has 9 nitrogen and oxygen atoms in total. The Bertz CT molecular complexity index is 1590. The van der Waals surface area contributed by atoms with E-state index in [1.807, 2.05) is 84.9 Å². The van der Waals surface area contributed by atoms with Crippen LogP contribution in [0.3, 0.4) is 0 Å². The van der Waals surface area contributed by atoms with Gasteiger partial charge in [0.15, 0.2) is 0 Å². The largest absolute Gasteiger partial charge is 0.493 e. The minimum atomic E-state index is -0.946. The number of rotatable bonds is 13. The number of ether oxygens (including phenoxy) is 3. The Morgan fingerprint density at radius 1 is 0.872 bits per heavy atom. The highest BCUT2D eigenvalue weighted by atomic mass is 16.5.